The molecule has 2 aromatic carbocycles. The minimum absolute atomic E-state index is 0.0645. The van der Waals surface area contributed by atoms with E-state index in [1.807, 2.05) is 35.2 Å². The van der Waals surface area contributed by atoms with Crippen LogP contribution in [0.5, 0.6) is 5.88 Å². The average Bonchev–Trinajstić information content (AvgIpc) is 3.80. The van der Waals surface area contributed by atoms with Gasteiger partial charge in [0.2, 0.25) is 17.9 Å². The Bertz CT molecular complexity index is 2060. The highest BCUT2D eigenvalue weighted by Crippen LogP contribution is 2.46. The highest BCUT2D eigenvalue weighted by Gasteiger charge is 2.51. The number of hydrogen-bond donors (Lipinski definition) is 1. The topological polar surface area (TPSA) is 138 Å². The molecule has 296 valence electrons. The van der Waals surface area contributed by atoms with E-state index in [2.05, 4.69) is 21.1 Å². The second kappa shape index (κ2) is 16.2. The van der Waals surface area contributed by atoms with Crippen molar-refractivity contribution in [1.82, 2.24) is 24.6 Å². The van der Waals surface area contributed by atoms with Gasteiger partial charge in [-0.3, -0.25) is 4.90 Å². The molecule has 1 amide bonds. The number of rotatable bonds is 10. The van der Waals surface area contributed by atoms with E-state index < -0.39 is 35.8 Å². The third-order valence-electron chi connectivity index (χ3n) is 10.8. The third-order valence-corrected chi connectivity index (χ3v) is 10.8. The zero-order valence-electron chi connectivity index (χ0n) is 31.5. The minimum Gasteiger partial charge on any atom is -0.464 e. The number of carbonyl (C=O) groups excluding carboxylic acids is 2. The molecule has 0 radical (unpaired) electrons. The number of allylic oxidation sites excluding steroid dienone is 2. The summed E-state index contributed by atoms with van der Waals surface area (Å²) in [6.07, 6.45) is 1.35. The van der Waals surface area contributed by atoms with E-state index in [0.717, 1.165) is 42.4 Å². The molecule has 0 unspecified atom stereocenters. The predicted molar refractivity (Wildman–Crippen MR) is 203 cm³/mol. The molecule has 2 fully saturated rings. The Labute approximate surface area is 323 Å². The molecule has 4 heterocycles. The molecule has 2 N–H and O–H groups in total. The van der Waals surface area contributed by atoms with E-state index in [1.54, 1.807) is 38.2 Å². The predicted octanol–water partition coefficient (Wildman–Crippen LogP) is 7.75. The molecule has 3 aliphatic rings. The molecular weight excluding hydrogens is 727 g/mol. The third kappa shape index (κ3) is 8.61. The highest BCUT2D eigenvalue weighted by atomic mass is 19.4. The van der Waals surface area contributed by atoms with Gasteiger partial charge in [0.15, 0.2) is 0 Å². The zero-order valence-corrected chi connectivity index (χ0v) is 31.5. The first kappa shape index (κ1) is 38.7. The van der Waals surface area contributed by atoms with Crippen molar-refractivity contribution in [2.45, 2.75) is 83.7 Å². The summed E-state index contributed by atoms with van der Waals surface area (Å²) in [5.41, 5.74) is 9.23. The van der Waals surface area contributed by atoms with Crippen molar-refractivity contribution < 1.29 is 37.0 Å². The van der Waals surface area contributed by atoms with Crippen LogP contribution < -0.4 is 15.4 Å². The van der Waals surface area contributed by atoms with Crippen LogP contribution in [0, 0.1) is 12.3 Å². The quantitative estimate of drug-likeness (QED) is 0.159. The van der Waals surface area contributed by atoms with Crippen LogP contribution in [0.4, 0.5) is 29.7 Å². The van der Waals surface area contributed by atoms with Gasteiger partial charge in [-0.25, -0.2) is 14.3 Å². The maximum atomic E-state index is 15.0. The van der Waals surface area contributed by atoms with Gasteiger partial charge in [0.1, 0.15) is 18.5 Å². The van der Waals surface area contributed by atoms with Crippen LogP contribution in [0.2, 0.25) is 0 Å². The molecule has 15 heteroatoms. The number of alkyl halides is 3. The number of anilines is 2. The van der Waals surface area contributed by atoms with Gasteiger partial charge in [-0.2, -0.15) is 28.2 Å². The summed E-state index contributed by atoms with van der Waals surface area (Å²) in [6, 6.07) is 16.5. The maximum absolute atomic E-state index is 15.0. The average molecular weight is 774 g/mol. The molecule has 2 atom stereocenters. The number of hydrogen-bond acceptors (Lipinski definition) is 10. The number of aromatic nitrogens is 4. The standard InChI is InChI=1S/C41H46F3N7O5/c1-3-54-37(52)33-24-40(26-50(33)39(53)55-25-28-10-6-4-7-11-28)17-20-49(21-18-40)34-23-35(47-38(45)46-34)56-36(41(42,43)44)31-15-14-30(29-12-8-5-9-13-29)22-32(31)51-19-16-27(2)48-51/h4,6-7,10-12,14-16,19,22-23,33,36H,3,5,8-9,13,17-18,20-21,24-26H2,1-2H3,(H2,45,46,47)/t33-,36+/m0/s1. The van der Waals surface area contributed by atoms with E-state index in [4.69, 9.17) is 19.9 Å². The van der Waals surface area contributed by atoms with E-state index in [0.29, 0.717) is 50.4 Å². The first-order chi connectivity index (χ1) is 26.9. The van der Waals surface area contributed by atoms with E-state index in [1.165, 1.54) is 21.7 Å². The Morgan fingerprint density at radius 1 is 1.02 bits per heavy atom. The number of carbonyl (C=O) groups is 2. The van der Waals surface area contributed by atoms with Crippen LogP contribution in [0.15, 0.2) is 72.9 Å². The molecule has 1 aliphatic carbocycles. The van der Waals surface area contributed by atoms with Crippen molar-refractivity contribution in [2.24, 2.45) is 5.41 Å². The maximum Gasteiger partial charge on any atom is 0.429 e. The largest absolute Gasteiger partial charge is 0.464 e. The molecule has 0 bridgehead atoms. The summed E-state index contributed by atoms with van der Waals surface area (Å²) >= 11 is 0. The summed E-state index contributed by atoms with van der Waals surface area (Å²) in [7, 11) is 0. The first-order valence-electron chi connectivity index (χ1n) is 19.0. The number of ether oxygens (including phenoxy) is 3. The Morgan fingerprint density at radius 2 is 1.80 bits per heavy atom. The lowest BCUT2D eigenvalue weighted by molar-refractivity contribution is -0.198. The van der Waals surface area contributed by atoms with Gasteiger partial charge in [0.25, 0.3) is 0 Å². The molecule has 4 aromatic rings. The second-order valence-corrected chi connectivity index (χ2v) is 14.7. The number of nitrogen functional groups attached to an aromatic ring is 1. The number of nitrogens with zero attached hydrogens (tertiary/aromatic N) is 6. The van der Waals surface area contributed by atoms with Gasteiger partial charge in [0, 0.05) is 37.5 Å². The molecule has 2 aliphatic heterocycles. The van der Waals surface area contributed by atoms with Gasteiger partial charge in [-0.1, -0.05) is 48.5 Å². The van der Waals surface area contributed by atoms with Crippen LogP contribution in [-0.2, 0) is 20.9 Å². The summed E-state index contributed by atoms with van der Waals surface area (Å²) < 4.78 is 63.2. The number of esters is 1. The number of amides is 1. The molecule has 12 nitrogen and oxygen atoms in total. The number of likely N-dealkylation sites (tertiary alicyclic amines) is 1. The minimum atomic E-state index is -4.83. The summed E-state index contributed by atoms with van der Waals surface area (Å²) in [5, 5.41) is 4.45. The van der Waals surface area contributed by atoms with Crippen LogP contribution in [0.25, 0.3) is 11.3 Å². The number of halogens is 3. The fourth-order valence-electron chi connectivity index (χ4n) is 7.96. The Balaban J connectivity index is 1.10. The molecule has 0 saturated carbocycles. The first-order valence-corrected chi connectivity index (χ1v) is 19.0. The SMILES string of the molecule is CCOC(=O)[C@@H]1CC2(CCN(c3cc(O[C@H](c4ccc(C5=CCCCC5)cc4-n4ccc(C)n4)C(F)(F)F)nc(N)n3)CC2)CN1C(=O)OCc1ccccc1. The molecule has 1 spiro atoms. The van der Waals surface area contributed by atoms with Crippen molar-refractivity contribution in [2.75, 3.05) is 36.9 Å². The lowest BCUT2D eigenvalue weighted by atomic mass is 9.76. The van der Waals surface area contributed by atoms with Crippen molar-refractivity contribution in [3.05, 3.63) is 95.3 Å². The van der Waals surface area contributed by atoms with Crippen LogP contribution in [-0.4, -0.2) is 75.2 Å². The summed E-state index contributed by atoms with van der Waals surface area (Å²) in [6.45, 7) is 4.88. The lowest BCUT2D eigenvalue weighted by Gasteiger charge is -2.39. The van der Waals surface area contributed by atoms with E-state index in [9.17, 15) is 9.59 Å². The Morgan fingerprint density at radius 3 is 2.48 bits per heavy atom. The van der Waals surface area contributed by atoms with Gasteiger partial charge in [0.05, 0.1) is 18.0 Å². The van der Waals surface area contributed by atoms with Crippen LogP contribution >= 0.6 is 0 Å². The van der Waals surface area contributed by atoms with Gasteiger partial charge in [-0.15, -0.1) is 0 Å². The van der Waals surface area contributed by atoms with Crippen molar-refractivity contribution >= 4 is 29.4 Å². The van der Waals surface area contributed by atoms with Crippen LogP contribution in [0.3, 0.4) is 0 Å². The number of aryl methyl sites for hydroxylation is 1. The molecular formula is C41H46F3N7O5. The molecule has 7 rings (SSSR count). The summed E-state index contributed by atoms with van der Waals surface area (Å²) in [5.74, 6) is -0.742. The van der Waals surface area contributed by atoms with Crippen molar-refractivity contribution in [3.8, 4) is 11.6 Å². The zero-order chi connectivity index (χ0) is 39.5. The van der Waals surface area contributed by atoms with E-state index in [-0.39, 0.29) is 36.3 Å². The lowest BCUT2D eigenvalue weighted by Crippen LogP contribution is -2.43. The molecule has 56 heavy (non-hydrogen) atoms. The summed E-state index contributed by atoms with van der Waals surface area (Å²) in [4.78, 5) is 38.2. The van der Waals surface area contributed by atoms with Gasteiger partial charge in [-0.05, 0) is 93.0 Å². The Kier molecular flexibility index (Phi) is 11.2. The molecule has 2 aromatic heterocycles. The fourth-order valence-corrected chi connectivity index (χ4v) is 7.96. The monoisotopic (exact) mass is 773 g/mol. The number of nitrogens with two attached hydrogens (primary N) is 1. The molecule has 2 saturated heterocycles. The van der Waals surface area contributed by atoms with Crippen LogP contribution in [0.1, 0.15) is 80.4 Å². The number of benzene rings is 2. The normalized spacial score (nSPS) is 18.7. The second-order valence-electron chi connectivity index (χ2n) is 14.7. The fraction of sp³-hybridized carbons (Fsp3) is 0.439. The van der Waals surface area contributed by atoms with Gasteiger partial charge >= 0.3 is 18.2 Å². The van der Waals surface area contributed by atoms with Crippen molar-refractivity contribution in [3.63, 3.8) is 0 Å². The van der Waals surface area contributed by atoms with Gasteiger partial charge < -0.3 is 24.8 Å². The van der Waals surface area contributed by atoms with E-state index >= 15 is 13.2 Å². The number of piperidine rings is 1. The Hall–Kier alpha value is -5.60. The van der Waals surface area contributed by atoms with Crippen molar-refractivity contribution in [1.29, 1.82) is 0 Å². The highest BCUT2D eigenvalue weighted by molar-refractivity contribution is 5.82. The smallest absolute Gasteiger partial charge is 0.429 e.